The van der Waals surface area contributed by atoms with E-state index in [1.165, 1.54) is 0 Å². The van der Waals surface area contributed by atoms with Gasteiger partial charge in [-0.2, -0.15) is 0 Å². The van der Waals surface area contributed by atoms with E-state index in [4.69, 9.17) is 11.5 Å². The van der Waals surface area contributed by atoms with Crippen LogP contribution in [0.2, 0.25) is 0 Å². The summed E-state index contributed by atoms with van der Waals surface area (Å²) in [7, 11) is 0. The molecule has 1 radical (unpaired) electrons. The fourth-order valence-corrected chi connectivity index (χ4v) is 0.984. The molecule has 0 aliphatic carbocycles. The van der Waals surface area contributed by atoms with Crippen molar-refractivity contribution < 1.29 is 4.79 Å². The molecule has 0 aromatic rings. The fourth-order valence-electron chi connectivity index (χ4n) is 0.984. The van der Waals surface area contributed by atoms with Crippen LogP contribution in [-0.4, -0.2) is 47.7 Å². The minimum absolute atomic E-state index is 0. The molecule has 0 heterocycles. The van der Waals surface area contributed by atoms with Crippen LogP contribution in [0.5, 0.6) is 0 Å². The normalized spacial score (nSPS) is 10.4. The van der Waals surface area contributed by atoms with Gasteiger partial charge < -0.3 is 16.8 Å². The summed E-state index contributed by atoms with van der Waals surface area (Å²) < 4.78 is 0. The molecule has 0 aromatic heterocycles. The molecule has 0 aliphatic rings. The Morgan fingerprint density at radius 3 is 2.33 bits per heavy atom. The predicted molar refractivity (Wildman–Crippen MR) is 64.2 cm³/mol. The molecule has 5 heteroatoms. The minimum atomic E-state index is -0.599. The molecule has 0 bridgehead atoms. The maximum Gasteiger partial charge on any atom is 0.246 e. The van der Waals surface area contributed by atoms with E-state index in [-0.39, 0.29) is 35.5 Å². The Kier molecular flexibility index (Phi) is 9.70. The molecule has 0 aromatic carbocycles. The zero-order chi connectivity index (χ0) is 11.2. The molecular formula is C10H21N3NaO. The second-order valence-electron chi connectivity index (χ2n) is 4.00. The standard InChI is InChI=1S/C10H21N3O.Na/c1-8(2)9(14)13-7-5-4-6-10(3,11)12;/h1,4-7,11-12H2,2-3H3,(H,13,14);. The summed E-state index contributed by atoms with van der Waals surface area (Å²) in [5.41, 5.74) is 11.1. The van der Waals surface area contributed by atoms with Crippen LogP contribution in [0.1, 0.15) is 33.1 Å². The number of hydrogen-bond donors (Lipinski definition) is 3. The third kappa shape index (κ3) is 12.1. The van der Waals surface area contributed by atoms with Crippen LogP contribution < -0.4 is 16.8 Å². The molecule has 0 spiro atoms. The Hall–Kier alpha value is 0.130. The van der Waals surface area contributed by atoms with Gasteiger partial charge in [-0.05, 0) is 33.1 Å². The Labute approximate surface area is 114 Å². The summed E-state index contributed by atoms with van der Waals surface area (Å²) >= 11 is 0. The number of carbonyl (C=O) groups excluding carboxylic acids is 1. The summed E-state index contributed by atoms with van der Waals surface area (Å²) in [5, 5.41) is 2.75. The van der Waals surface area contributed by atoms with E-state index in [1.807, 2.05) is 0 Å². The first-order chi connectivity index (χ1) is 6.33. The van der Waals surface area contributed by atoms with Gasteiger partial charge >= 0.3 is 0 Å². The molecule has 4 nitrogen and oxygen atoms in total. The van der Waals surface area contributed by atoms with E-state index in [9.17, 15) is 4.79 Å². The van der Waals surface area contributed by atoms with E-state index in [2.05, 4.69) is 11.9 Å². The molecular weight excluding hydrogens is 201 g/mol. The van der Waals surface area contributed by atoms with E-state index < -0.39 is 5.66 Å². The van der Waals surface area contributed by atoms with Crippen molar-refractivity contribution in [1.29, 1.82) is 0 Å². The molecule has 1 amide bonds. The summed E-state index contributed by atoms with van der Waals surface area (Å²) in [4.78, 5) is 11.0. The largest absolute Gasteiger partial charge is 0.352 e. The SMILES string of the molecule is C=C(C)C(=O)NCCCCC(C)(N)N.[Na]. The molecule has 0 saturated heterocycles. The van der Waals surface area contributed by atoms with E-state index in [0.717, 1.165) is 19.3 Å². The molecule has 0 rings (SSSR count). The number of carbonyl (C=O) groups is 1. The molecule has 0 atom stereocenters. The van der Waals surface area contributed by atoms with Crippen LogP contribution in [0.4, 0.5) is 0 Å². The van der Waals surface area contributed by atoms with Gasteiger partial charge in [-0.1, -0.05) is 6.58 Å². The summed E-state index contributed by atoms with van der Waals surface area (Å²) in [6.45, 7) is 7.67. The molecule has 5 N–H and O–H groups in total. The van der Waals surface area contributed by atoms with E-state index in [0.29, 0.717) is 12.1 Å². The molecule has 0 fully saturated rings. The van der Waals surface area contributed by atoms with Crippen molar-refractivity contribution in [2.45, 2.75) is 38.8 Å². The summed E-state index contributed by atoms with van der Waals surface area (Å²) in [6, 6.07) is 0. The van der Waals surface area contributed by atoms with Crippen molar-refractivity contribution >= 4 is 35.5 Å². The van der Waals surface area contributed by atoms with Gasteiger partial charge in [0.15, 0.2) is 0 Å². The summed E-state index contributed by atoms with van der Waals surface area (Å²) in [6.07, 6.45) is 2.57. The van der Waals surface area contributed by atoms with Gasteiger partial charge in [-0.25, -0.2) is 0 Å². The molecule has 0 unspecified atom stereocenters. The summed E-state index contributed by atoms with van der Waals surface area (Å²) in [5.74, 6) is -0.0896. The van der Waals surface area contributed by atoms with Crippen LogP contribution in [0, 0.1) is 0 Å². The van der Waals surface area contributed by atoms with Crippen LogP contribution in [0.25, 0.3) is 0 Å². The van der Waals surface area contributed by atoms with Crippen LogP contribution in [0.3, 0.4) is 0 Å². The van der Waals surface area contributed by atoms with Crippen LogP contribution >= 0.6 is 0 Å². The van der Waals surface area contributed by atoms with Crippen LogP contribution in [0.15, 0.2) is 12.2 Å². The topological polar surface area (TPSA) is 81.1 Å². The Balaban J connectivity index is 0. The van der Waals surface area contributed by atoms with Crippen molar-refractivity contribution in [2.75, 3.05) is 6.54 Å². The van der Waals surface area contributed by atoms with Crippen molar-refractivity contribution in [3.8, 4) is 0 Å². The van der Waals surface area contributed by atoms with Gasteiger partial charge in [0.05, 0.1) is 5.66 Å². The third-order valence-corrected chi connectivity index (χ3v) is 1.82. The number of amides is 1. The second-order valence-corrected chi connectivity index (χ2v) is 4.00. The Morgan fingerprint density at radius 1 is 1.40 bits per heavy atom. The smallest absolute Gasteiger partial charge is 0.246 e. The maximum atomic E-state index is 11.0. The van der Waals surface area contributed by atoms with E-state index in [1.54, 1.807) is 13.8 Å². The fraction of sp³-hybridized carbons (Fsp3) is 0.700. The van der Waals surface area contributed by atoms with Crippen LogP contribution in [-0.2, 0) is 4.79 Å². The number of unbranched alkanes of at least 4 members (excludes halogenated alkanes) is 1. The first-order valence-electron chi connectivity index (χ1n) is 4.84. The third-order valence-electron chi connectivity index (χ3n) is 1.82. The van der Waals surface area contributed by atoms with Crippen molar-refractivity contribution in [3.05, 3.63) is 12.2 Å². The maximum absolute atomic E-state index is 11.0. The van der Waals surface area contributed by atoms with Gasteiger partial charge in [0.2, 0.25) is 5.91 Å². The first-order valence-corrected chi connectivity index (χ1v) is 4.84. The van der Waals surface area contributed by atoms with E-state index >= 15 is 0 Å². The van der Waals surface area contributed by atoms with Gasteiger partial charge in [-0.3, -0.25) is 4.79 Å². The van der Waals surface area contributed by atoms with Gasteiger partial charge in [0.1, 0.15) is 0 Å². The number of nitrogens with two attached hydrogens (primary N) is 2. The average Bonchev–Trinajstić information content (AvgIpc) is 2.01. The zero-order valence-electron chi connectivity index (χ0n) is 10.1. The monoisotopic (exact) mass is 222 g/mol. The number of nitrogens with one attached hydrogen (secondary N) is 1. The number of hydrogen-bond acceptors (Lipinski definition) is 3. The van der Waals surface area contributed by atoms with Crippen molar-refractivity contribution in [2.24, 2.45) is 11.5 Å². The van der Waals surface area contributed by atoms with Crippen molar-refractivity contribution in [3.63, 3.8) is 0 Å². The minimum Gasteiger partial charge on any atom is -0.352 e. The molecule has 0 saturated carbocycles. The average molecular weight is 222 g/mol. The molecule has 0 aliphatic heterocycles. The Morgan fingerprint density at radius 2 is 1.93 bits per heavy atom. The van der Waals surface area contributed by atoms with Gasteiger partial charge in [0.25, 0.3) is 0 Å². The zero-order valence-corrected chi connectivity index (χ0v) is 12.1. The first kappa shape index (κ1) is 17.5. The van der Waals surface area contributed by atoms with Gasteiger partial charge in [0, 0.05) is 41.7 Å². The number of rotatable bonds is 6. The van der Waals surface area contributed by atoms with Gasteiger partial charge in [-0.15, -0.1) is 0 Å². The molecule has 15 heavy (non-hydrogen) atoms. The molecule has 83 valence electrons. The van der Waals surface area contributed by atoms with Crippen molar-refractivity contribution in [1.82, 2.24) is 5.32 Å². The Bertz CT molecular complexity index is 211. The second kappa shape index (κ2) is 8.30. The predicted octanol–water partition coefficient (Wildman–Crippen LogP) is 0.102. The quantitative estimate of drug-likeness (QED) is 0.258.